The molecular weight excluding hydrogens is 228 g/mol. The highest BCUT2D eigenvalue weighted by Crippen LogP contribution is 2.08. The van der Waals surface area contributed by atoms with Crippen LogP contribution in [0, 0.1) is 0 Å². The Morgan fingerprint density at radius 2 is 1.88 bits per heavy atom. The van der Waals surface area contributed by atoms with Crippen LogP contribution in [-0.2, 0) is 9.47 Å². The van der Waals surface area contributed by atoms with Gasteiger partial charge in [0.1, 0.15) is 0 Å². The van der Waals surface area contributed by atoms with Crippen LogP contribution in [0.15, 0.2) is 0 Å². The van der Waals surface area contributed by atoms with Crippen molar-refractivity contribution in [2.24, 2.45) is 0 Å². The van der Waals surface area contributed by atoms with Crippen LogP contribution < -0.4 is 5.32 Å². The molecule has 1 N–H and O–H groups in total. The summed E-state index contributed by atoms with van der Waals surface area (Å²) in [5, 5.41) is 3.33. The number of hydrogen-bond donors (Lipinski definition) is 1. The molecule has 0 unspecified atom stereocenters. The normalized spacial score (nSPS) is 18.4. The van der Waals surface area contributed by atoms with Crippen LogP contribution in [-0.4, -0.2) is 64.6 Å². The monoisotopic (exact) mass is 252 g/mol. The summed E-state index contributed by atoms with van der Waals surface area (Å²) in [5.41, 5.74) is 0. The summed E-state index contributed by atoms with van der Waals surface area (Å²) in [7, 11) is 3.75. The van der Waals surface area contributed by atoms with E-state index in [4.69, 9.17) is 9.47 Å². The molecule has 1 heterocycles. The van der Waals surface area contributed by atoms with Gasteiger partial charge in [0.25, 0.3) is 0 Å². The number of halogens is 1. The van der Waals surface area contributed by atoms with E-state index in [-0.39, 0.29) is 12.4 Å². The van der Waals surface area contributed by atoms with E-state index in [1.165, 1.54) is 25.9 Å². The number of hydrogen-bond acceptors (Lipinski definition) is 4. The number of ether oxygens (including phenoxy) is 2. The SMILES string of the molecule is CNC1CCN(CCOCCOC)CC1.Cl. The second-order valence-electron chi connectivity index (χ2n) is 4.01. The van der Waals surface area contributed by atoms with Crippen molar-refractivity contribution in [3.8, 4) is 0 Å². The molecule has 0 spiro atoms. The molecular formula is C11H25ClN2O2. The van der Waals surface area contributed by atoms with Crippen molar-refractivity contribution in [1.82, 2.24) is 10.2 Å². The van der Waals surface area contributed by atoms with Gasteiger partial charge >= 0.3 is 0 Å². The van der Waals surface area contributed by atoms with Crippen molar-refractivity contribution in [2.75, 3.05) is 53.6 Å². The van der Waals surface area contributed by atoms with Crippen LogP contribution in [0.3, 0.4) is 0 Å². The molecule has 0 amide bonds. The maximum Gasteiger partial charge on any atom is 0.0700 e. The molecule has 0 aromatic rings. The summed E-state index contributed by atoms with van der Waals surface area (Å²) >= 11 is 0. The maximum atomic E-state index is 5.45. The average molecular weight is 253 g/mol. The fourth-order valence-electron chi connectivity index (χ4n) is 1.88. The fraction of sp³-hybridized carbons (Fsp3) is 1.00. The van der Waals surface area contributed by atoms with E-state index in [0.717, 1.165) is 19.2 Å². The molecule has 0 saturated carbocycles. The summed E-state index contributed by atoms with van der Waals surface area (Å²) in [5.74, 6) is 0. The Morgan fingerprint density at radius 3 is 2.44 bits per heavy atom. The zero-order chi connectivity index (χ0) is 10.9. The lowest BCUT2D eigenvalue weighted by Gasteiger charge is -2.31. The Kier molecular flexibility index (Phi) is 10.4. The predicted molar refractivity (Wildman–Crippen MR) is 68.5 cm³/mol. The van der Waals surface area contributed by atoms with Gasteiger partial charge in [0.15, 0.2) is 0 Å². The largest absolute Gasteiger partial charge is 0.382 e. The van der Waals surface area contributed by atoms with Crippen molar-refractivity contribution in [1.29, 1.82) is 0 Å². The van der Waals surface area contributed by atoms with Gasteiger partial charge in [-0.3, -0.25) is 0 Å². The lowest BCUT2D eigenvalue weighted by atomic mass is 10.1. The maximum absolute atomic E-state index is 5.45. The number of methoxy groups -OCH3 is 1. The Labute approximate surface area is 105 Å². The van der Waals surface area contributed by atoms with Crippen LogP contribution >= 0.6 is 12.4 Å². The third-order valence-electron chi connectivity index (χ3n) is 2.98. The molecule has 1 aliphatic rings. The molecule has 4 nitrogen and oxygen atoms in total. The molecule has 0 bridgehead atoms. The average Bonchev–Trinajstić information content (AvgIpc) is 2.30. The number of nitrogens with zero attached hydrogens (tertiary/aromatic N) is 1. The Morgan fingerprint density at radius 1 is 1.19 bits per heavy atom. The van der Waals surface area contributed by atoms with Gasteiger partial charge in [-0.1, -0.05) is 0 Å². The van der Waals surface area contributed by atoms with E-state index in [1.54, 1.807) is 7.11 Å². The first-order chi connectivity index (χ1) is 7.36. The van der Waals surface area contributed by atoms with E-state index >= 15 is 0 Å². The smallest absolute Gasteiger partial charge is 0.0700 e. The second-order valence-corrected chi connectivity index (χ2v) is 4.01. The van der Waals surface area contributed by atoms with Crippen molar-refractivity contribution < 1.29 is 9.47 Å². The minimum absolute atomic E-state index is 0. The third kappa shape index (κ3) is 6.66. The molecule has 0 aromatic carbocycles. The highest BCUT2D eigenvalue weighted by atomic mass is 35.5. The lowest BCUT2D eigenvalue weighted by Crippen LogP contribution is -2.42. The topological polar surface area (TPSA) is 33.7 Å². The quantitative estimate of drug-likeness (QED) is 0.679. The zero-order valence-electron chi connectivity index (χ0n) is 10.4. The van der Waals surface area contributed by atoms with Gasteiger partial charge in [0.2, 0.25) is 0 Å². The molecule has 0 aliphatic carbocycles. The number of piperidine rings is 1. The Bertz CT molecular complexity index is 153. The lowest BCUT2D eigenvalue weighted by molar-refractivity contribution is 0.0526. The number of likely N-dealkylation sites (tertiary alicyclic amines) is 1. The van der Waals surface area contributed by atoms with Gasteiger partial charge in [-0.05, 0) is 33.0 Å². The van der Waals surface area contributed by atoms with Crippen molar-refractivity contribution in [3.63, 3.8) is 0 Å². The van der Waals surface area contributed by atoms with Crippen LogP contribution in [0.2, 0.25) is 0 Å². The standard InChI is InChI=1S/C11H24N2O2.ClH/c1-12-11-3-5-13(6-4-11)7-8-15-10-9-14-2;/h11-12H,3-10H2,1-2H3;1H. The summed E-state index contributed by atoms with van der Waals surface area (Å²) in [4.78, 5) is 2.47. The summed E-state index contributed by atoms with van der Waals surface area (Å²) < 4.78 is 10.4. The number of rotatable bonds is 7. The molecule has 1 aliphatic heterocycles. The van der Waals surface area contributed by atoms with Crippen LogP contribution in [0.25, 0.3) is 0 Å². The van der Waals surface area contributed by atoms with E-state index in [0.29, 0.717) is 13.2 Å². The van der Waals surface area contributed by atoms with Crippen molar-refractivity contribution in [2.45, 2.75) is 18.9 Å². The Balaban J connectivity index is 0.00000225. The number of nitrogens with one attached hydrogen (secondary N) is 1. The fourth-order valence-corrected chi connectivity index (χ4v) is 1.88. The Hall–Kier alpha value is 0.130. The van der Waals surface area contributed by atoms with E-state index < -0.39 is 0 Å². The highest BCUT2D eigenvalue weighted by Gasteiger charge is 2.16. The van der Waals surface area contributed by atoms with Crippen LogP contribution in [0.5, 0.6) is 0 Å². The van der Waals surface area contributed by atoms with Crippen LogP contribution in [0.4, 0.5) is 0 Å². The first kappa shape index (κ1) is 16.1. The predicted octanol–water partition coefficient (Wildman–Crippen LogP) is 0.755. The molecule has 1 saturated heterocycles. The summed E-state index contributed by atoms with van der Waals surface area (Å²) in [6.07, 6.45) is 2.52. The first-order valence-electron chi connectivity index (χ1n) is 5.83. The van der Waals surface area contributed by atoms with Crippen molar-refractivity contribution in [3.05, 3.63) is 0 Å². The van der Waals surface area contributed by atoms with Crippen LogP contribution in [0.1, 0.15) is 12.8 Å². The van der Waals surface area contributed by atoms with Gasteiger partial charge in [0.05, 0.1) is 19.8 Å². The minimum Gasteiger partial charge on any atom is -0.382 e. The van der Waals surface area contributed by atoms with Crippen molar-refractivity contribution >= 4 is 12.4 Å². The highest BCUT2D eigenvalue weighted by molar-refractivity contribution is 5.85. The molecule has 5 heteroatoms. The van der Waals surface area contributed by atoms with Gasteiger partial charge in [0, 0.05) is 19.7 Å². The van der Waals surface area contributed by atoms with Gasteiger partial charge in [-0.15, -0.1) is 12.4 Å². The van der Waals surface area contributed by atoms with E-state index in [2.05, 4.69) is 10.2 Å². The molecule has 1 rings (SSSR count). The molecule has 1 fully saturated rings. The molecule has 0 aromatic heterocycles. The van der Waals surface area contributed by atoms with E-state index in [1.807, 2.05) is 7.05 Å². The summed E-state index contributed by atoms with van der Waals surface area (Å²) in [6, 6.07) is 0.718. The minimum atomic E-state index is 0. The van der Waals surface area contributed by atoms with Gasteiger partial charge in [-0.25, -0.2) is 0 Å². The zero-order valence-corrected chi connectivity index (χ0v) is 11.2. The van der Waals surface area contributed by atoms with E-state index in [9.17, 15) is 0 Å². The molecule has 98 valence electrons. The molecule has 0 radical (unpaired) electrons. The molecule has 16 heavy (non-hydrogen) atoms. The molecule has 0 atom stereocenters. The first-order valence-corrected chi connectivity index (χ1v) is 5.83. The second kappa shape index (κ2) is 10.3. The summed E-state index contributed by atoms with van der Waals surface area (Å²) in [6.45, 7) is 5.68. The van der Waals surface area contributed by atoms with Gasteiger partial charge in [-0.2, -0.15) is 0 Å². The third-order valence-corrected chi connectivity index (χ3v) is 2.98. The van der Waals surface area contributed by atoms with Gasteiger partial charge < -0.3 is 19.7 Å².